The fraction of sp³-hybridized carbons (Fsp3) is 0.417. The largest absolute Gasteiger partial charge is 0.467 e. The van der Waals surface area contributed by atoms with Gasteiger partial charge in [-0.3, -0.25) is 0 Å². The maximum atomic E-state index is 11.6. The summed E-state index contributed by atoms with van der Waals surface area (Å²) in [7, 11) is 1.30. The molecule has 0 aromatic heterocycles. The van der Waals surface area contributed by atoms with Gasteiger partial charge >= 0.3 is 5.97 Å². The molecule has 0 heterocycles. The zero-order valence-electron chi connectivity index (χ0n) is 8.69. The lowest BCUT2D eigenvalue weighted by Crippen LogP contribution is -2.39. The Morgan fingerprint density at radius 3 is 2.93 bits per heavy atom. The zero-order valence-corrected chi connectivity index (χ0v) is 8.69. The molecule has 1 aromatic carbocycles. The van der Waals surface area contributed by atoms with Crippen LogP contribution in [0.15, 0.2) is 24.3 Å². The van der Waals surface area contributed by atoms with Crippen molar-refractivity contribution in [2.45, 2.75) is 24.9 Å². The van der Waals surface area contributed by atoms with Gasteiger partial charge in [0.15, 0.2) is 5.60 Å². The monoisotopic (exact) mass is 206 g/mol. The van der Waals surface area contributed by atoms with Gasteiger partial charge < -0.3 is 9.84 Å². The van der Waals surface area contributed by atoms with Crippen molar-refractivity contribution in [3.8, 4) is 0 Å². The molecular formula is C12H14O3. The van der Waals surface area contributed by atoms with Gasteiger partial charge in [-0.2, -0.15) is 0 Å². The minimum Gasteiger partial charge on any atom is -0.467 e. The van der Waals surface area contributed by atoms with E-state index in [0.29, 0.717) is 12.0 Å². The SMILES string of the molecule is COC(=O)[C@]1(O)CCCc2ccccc21. The second kappa shape index (κ2) is 3.66. The first-order valence-electron chi connectivity index (χ1n) is 5.07. The van der Waals surface area contributed by atoms with Crippen molar-refractivity contribution in [2.24, 2.45) is 0 Å². The summed E-state index contributed by atoms with van der Waals surface area (Å²) in [6.07, 6.45) is 2.16. The number of hydrogen-bond donors (Lipinski definition) is 1. The molecule has 0 fully saturated rings. The Kier molecular flexibility index (Phi) is 2.49. The van der Waals surface area contributed by atoms with Crippen LogP contribution in [-0.4, -0.2) is 18.2 Å². The van der Waals surface area contributed by atoms with Crippen LogP contribution in [0.2, 0.25) is 0 Å². The fourth-order valence-corrected chi connectivity index (χ4v) is 2.19. The fourth-order valence-electron chi connectivity index (χ4n) is 2.19. The number of hydrogen-bond acceptors (Lipinski definition) is 3. The first-order chi connectivity index (χ1) is 7.18. The Morgan fingerprint density at radius 1 is 1.47 bits per heavy atom. The average Bonchev–Trinajstić information content (AvgIpc) is 2.28. The molecule has 3 heteroatoms. The van der Waals surface area contributed by atoms with Gasteiger partial charge in [0.05, 0.1) is 7.11 Å². The standard InChI is InChI=1S/C12H14O3/c1-15-11(13)12(14)8-4-6-9-5-2-3-7-10(9)12/h2-3,5,7,14H,4,6,8H2,1H3/t12-/m0/s1. The quantitative estimate of drug-likeness (QED) is 0.706. The molecular weight excluding hydrogens is 192 g/mol. The molecule has 0 bridgehead atoms. The van der Waals surface area contributed by atoms with Crippen LogP contribution in [0.1, 0.15) is 24.0 Å². The lowest BCUT2D eigenvalue weighted by atomic mass is 9.79. The third-order valence-electron chi connectivity index (χ3n) is 2.97. The molecule has 0 radical (unpaired) electrons. The minimum absolute atomic E-state index is 0.441. The third kappa shape index (κ3) is 1.53. The lowest BCUT2D eigenvalue weighted by Gasteiger charge is -2.31. The normalized spacial score (nSPS) is 24.4. The van der Waals surface area contributed by atoms with Crippen LogP contribution in [0.5, 0.6) is 0 Å². The first kappa shape index (κ1) is 10.2. The number of aliphatic hydroxyl groups is 1. The highest BCUT2D eigenvalue weighted by Crippen LogP contribution is 2.35. The first-order valence-corrected chi connectivity index (χ1v) is 5.07. The van der Waals surface area contributed by atoms with Crippen molar-refractivity contribution in [1.82, 2.24) is 0 Å². The number of carbonyl (C=O) groups excluding carboxylic acids is 1. The van der Waals surface area contributed by atoms with E-state index < -0.39 is 11.6 Å². The van der Waals surface area contributed by atoms with Gasteiger partial charge in [0.1, 0.15) is 0 Å². The summed E-state index contributed by atoms with van der Waals surface area (Å²) >= 11 is 0. The number of ether oxygens (including phenoxy) is 1. The van der Waals surface area contributed by atoms with Gasteiger partial charge in [0.2, 0.25) is 0 Å². The number of rotatable bonds is 1. The summed E-state index contributed by atoms with van der Waals surface area (Å²) < 4.78 is 4.66. The predicted octanol–water partition coefficient (Wildman–Crippen LogP) is 1.38. The van der Waals surface area contributed by atoms with Gasteiger partial charge in [-0.25, -0.2) is 4.79 Å². The lowest BCUT2D eigenvalue weighted by molar-refractivity contribution is -0.165. The van der Waals surface area contributed by atoms with Gasteiger partial charge in [0.25, 0.3) is 0 Å². The van der Waals surface area contributed by atoms with E-state index in [1.165, 1.54) is 7.11 Å². The van der Waals surface area contributed by atoms with E-state index in [1.54, 1.807) is 6.07 Å². The number of fused-ring (bicyclic) bond motifs is 1. The van der Waals surface area contributed by atoms with Crippen molar-refractivity contribution in [1.29, 1.82) is 0 Å². The summed E-state index contributed by atoms with van der Waals surface area (Å²) in [5.41, 5.74) is 0.295. The number of carbonyl (C=O) groups is 1. The molecule has 0 unspecified atom stereocenters. The van der Waals surface area contributed by atoms with Crippen LogP contribution in [0.3, 0.4) is 0 Å². The molecule has 15 heavy (non-hydrogen) atoms. The summed E-state index contributed by atoms with van der Waals surface area (Å²) in [5, 5.41) is 10.3. The molecule has 1 N–H and O–H groups in total. The summed E-state index contributed by atoms with van der Waals surface area (Å²) in [5.74, 6) is -0.561. The Bertz CT molecular complexity index is 386. The zero-order chi connectivity index (χ0) is 10.9. The second-order valence-corrected chi connectivity index (χ2v) is 3.86. The van der Waals surface area contributed by atoms with E-state index in [9.17, 15) is 9.90 Å². The topological polar surface area (TPSA) is 46.5 Å². The number of benzene rings is 1. The van der Waals surface area contributed by atoms with Crippen molar-refractivity contribution in [3.63, 3.8) is 0 Å². The van der Waals surface area contributed by atoms with Gasteiger partial charge in [-0.05, 0) is 30.4 Å². The number of esters is 1. The van der Waals surface area contributed by atoms with E-state index >= 15 is 0 Å². The van der Waals surface area contributed by atoms with E-state index in [0.717, 1.165) is 18.4 Å². The molecule has 0 aliphatic heterocycles. The van der Waals surface area contributed by atoms with E-state index in [-0.39, 0.29) is 0 Å². The Hall–Kier alpha value is -1.35. The van der Waals surface area contributed by atoms with Crippen molar-refractivity contribution >= 4 is 5.97 Å². The number of methoxy groups -OCH3 is 1. The average molecular weight is 206 g/mol. The molecule has 1 aliphatic rings. The Balaban J connectivity index is 2.49. The molecule has 0 amide bonds. The molecule has 80 valence electrons. The van der Waals surface area contributed by atoms with E-state index in [2.05, 4.69) is 4.74 Å². The molecule has 1 atom stereocenters. The summed E-state index contributed by atoms with van der Waals surface area (Å²) in [6, 6.07) is 7.49. The highest BCUT2D eigenvalue weighted by atomic mass is 16.5. The van der Waals surface area contributed by atoms with Crippen LogP contribution in [0, 0.1) is 0 Å². The Morgan fingerprint density at radius 2 is 2.20 bits per heavy atom. The van der Waals surface area contributed by atoms with Crippen molar-refractivity contribution in [3.05, 3.63) is 35.4 Å². The van der Waals surface area contributed by atoms with Gasteiger partial charge in [0, 0.05) is 0 Å². The van der Waals surface area contributed by atoms with Crippen LogP contribution in [0.25, 0.3) is 0 Å². The molecule has 2 rings (SSSR count). The second-order valence-electron chi connectivity index (χ2n) is 3.86. The molecule has 3 nitrogen and oxygen atoms in total. The van der Waals surface area contributed by atoms with Crippen LogP contribution < -0.4 is 0 Å². The van der Waals surface area contributed by atoms with E-state index in [1.807, 2.05) is 18.2 Å². The summed E-state index contributed by atoms with van der Waals surface area (Å²) in [6.45, 7) is 0. The Labute approximate surface area is 88.7 Å². The van der Waals surface area contributed by atoms with Gasteiger partial charge in [-0.15, -0.1) is 0 Å². The number of aryl methyl sites for hydroxylation is 1. The van der Waals surface area contributed by atoms with Crippen molar-refractivity contribution < 1.29 is 14.6 Å². The van der Waals surface area contributed by atoms with Crippen LogP contribution in [-0.2, 0) is 21.6 Å². The molecule has 1 aromatic rings. The maximum Gasteiger partial charge on any atom is 0.342 e. The van der Waals surface area contributed by atoms with E-state index in [4.69, 9.17) is 0 Å². The van der Waals surface area contributed by atoms with Crippen molar-refractivity contribution in [2.75, 3.05) is 7.11 Å². The summed E-state index contributed by atoms with van der Waals surface area (Å²) in [4.78, 5) is 11.6. The minimum atomic E-state index is -1.44. The third-order valence-corrected chi connectivity index (χ3v) is 2.97. The molecule has 0 saturated carbocycles. The van der Waals surface area contributed by atoms with Crippen LogP contribution >= 0.6 is 0 Å². The predicted molar refractivity (Wildman–Crippen MR) is 55.3 cm³/mol. The molecule has 0 spiro atoms. The molecule has 0 saturated heterocycles. The highest BCUT2D eigenvalue weighted by Gasteiger charge is 2.42. The smallest absolute Gasteiger partial charge is 0.342 e. The van der Waals surface area contributed by atoms with Crippen LogP contribution in [0.4, 0.5) is 0 Å². The maximum absolute atomic E-state index is 11.6. The highest BCUT2D eigenvalue weighted by molar-refractivity contribution is 5.81. The van der Waals surface area contributed by atoms with Gasteiger partial charge in [-0.1, -0.05) is 24.3 Å². The molecule has 1 aliphatic carbocycles.